The minimum atomic E-state index is -1.01. The number of ether oxygens (including phenoxy) is 1. The molecule has 0 aliphatic rings. The predicted octanol–water partition coefficient (Wildman–Crippen LogP) is 3.45. The summed E-state index contributed by atoms with van der Waals surface area (Å²) in [7, 11) is 1.32. The second kappa shape index (κ2) is 7.96. The molecule has 0 saturated heterocycles. The van der Waals surface area contributed by atoms with Gasteiger partial charge in [0.25, 0.3) is 0 Å². The number of carbonyl (C=O) groups excluding carboxylic acids is 1. The van der Waals surface area contributed by atoms with Gasteiger partial charge < -0.3 is 20.5 Å². The van der Waals surface area contributed by atoms with Crippen LogP contribution >= 0.6 is 0 Å². The van der Waals surface area contributed by atoms with E-state index in [9.17, 15) is 9.59 Å². The number of nitrogens with one attached hydrogen (secondary N) is 2. The van der Waals surface area contributed by atoms with Gasteiger partial charge >= 0.3 is 11.9 Å². The Labute approximate surface area is 154 Å². The molecule has 3 aromatic rings. The minimum absolute atomic E-state index is 0.173. The number of aromatic nitrogens is 2. The number of anilines is 4. The van der Waals surface area contributed by atoms with Crippen LogP contribution in [0.2, 0.25) is 0 Å². The highest BCUT2D eigenvalue weighted by molar-refractivity contribution is 5.90. The van der Waals surface area contributed by atoms with Crippen LogP contribution in [0.1, 0.15) is 20.7 Å². The van der Waals surface area contributed by atoms with E-state index in [-0.39, 0.29) is 5.56 Å². The van der Waals surface area contributed by atoms with Gasteiger partial charge in [-0.05, 0) is 36.4 Å². The van der Waals surface area contributed by atoms with Gasteiger partial charge in [0.05, 0.1) is 18.2 Å². The normalized spacial score (nSPS) is 10.1. The van der Waals surface area contributed by atoms with Crippen molar-refractivity contribution in [3.63, 3.8) is 0 Å². The van der Waals surface area contributed by atoms with E-state index < -0.39 is 11.9 Å². The molecule has 0 bridgehead atoms. The average Bonchev–Trinajstić information content (AvgIpc) is 2.68. The summed E-state index contributed by atoms with van der Waals surface area (Å²) in [5, 5.41) is 15.2. The molecule has 0 saturated carbocycles. The molecule has 3 N–H and O–H groups in total. The second-order valence-electron chi connectivity index (χ2n) is 5.50. The maximum atomic E-state index is 11.6. The molecule has 1 heterocycles. The first kappa shape index (κ1) is 17.9. The van der Waals surface area contributed by atoms with E-state index in [4.69, 9.17) is 9.84 Å². The predicted molar refractivity (Wildman–Crippen MR) is 99.8 cm³/mol. The number of benzene rings is 2. The van der Waals surface area contributed by atoms with Crippen molar-refractivity contribution in [3.8, 4) is 0 Å². The quantitative estimate of drug-likeness (QED) is 0.570. The lowest BCUT2D eigenvalue weighted by molar-refractivity contribution is 0.0600. The van der Waals surface area contributed by atoms with Crippen LogP contribution in [0.5, 0.6) is 0 Å². The highest BCUT2D eigenvalue weighted by Crippen LogP contribution is 2.21. The molecule has 0 radical (unpaired) electrons. The number of hydrogen-bond acceptors (Lipinski definition) is 7. The Bertz CT molecular complexity index is 991. The number of carboxylic acid groups (broad SMARTS) is 1. The summed E-state index contributed by atoms with van der Waals surface area (Å²) < 4.78 is 4.71. The highest BCUT2D eigenvalue weighted by Gasteiger charge is 2.07. The van der Waals surface area contributed by atoms with Crippen molar-refractivity contribution in [1.82, 2.24) is 9.97 Å². The Morgan fingerprint density at radius 3 is 2.00 bits per heavy atom. The smallest absolute Gasteiger partial charge is 0.337 e. The van der Waals surface area contributed by atoms with Crippen molar-refractivity contribution >= 4 is 34.9 Å². The third kappa shape index (κ3) is 4.57. The molecule has 8 heteroatoms. The monoisotopic (exact) mass is 364 g/mol. The van der Waals surface area contributed by atoms with E-state index in [1.807, 2.05) is 0 Å². The highest BCUT2D eigenvalue weighted by atomic mass is 16.5. The van der Waals surface area contributed by atoms with Gasteiger partial charge in [-0.25, -0.2) is 19.6 Å². The number of carboxylic acids is 1. The standard InChI is InChI=1S/C19H16N4O4/c1-27-19(26)13-5-3-7-15(9-13)23-17-10-16(20-11-21-17)22-14-6-2-4-12(8-14)18(24)25/h2-11H,1H3,(H,24,25)(H2,20,21,22,23). The molecule has 0 aliphatic carbocycles. The van der Waals surface area contributed by atoms with Crippen LogP contribution < -0.4 is 10.6 Å². The lowest BCUT2D eigenvalue weighted by Gasteiger charge is -2.10. The molecule has 2 aromatic carbocycles. The number of hydrogen-bond donors (Lipinski definition) is 3. The first-order valence-corrected chi connectivity index (χ1v) is 7.93. The SMILES string of the molecule is COC(=O)c1cccc(Nc2cc(Nc3cccc(C(=O)O)c3)ncn2)c1. The minimum Gasteiger partial charge on any atom is -0.478 e. The van der Waals surface area contributed by atoms with Crippen LogP contribution in [0.15, 0.2) is 60.9 Å². The van der Waals surface area contributed by atoms with E-state index in [0.29, 0.717) is 28.6 Å². The van der Waals surface area contributed by atoms with E-state index >= 15 is 0 Å². The molecule has 0 fully saturated rings. The maximum absolute atomic E-state index is 11.6. The first-order chi connectivity index (χ1) is 13.0. The summed E-state index contributed by atoms with van der Waals surface area (Å²) in [4.78, 5) is 31.0. The summed E-state index contributed by atoms with van der Waals surface area (Å²) in [5.74, 6) is -0.445. The third-order valence-corrected chi connectivity index (χ3v) is 3.61. The van der Waals surface area contributed by atoms with Gasteiger partial charge in [0.1, 0.15) is 18.0 Å². The van der Waals surface area contributed by atoms with Gasteiger partial charge in [-0.3, -0.25) is 0 Å². The Morgan fingerprint density at radius 1 is 0.889 bits per heavy atom. The zero-order valence-corrected chi connectivity index (χ0v) is 14.3. The lowest BCUT2D eigenvalue weighted by Crippen LogP contribution is -2.03. The Kier molecular flexibility index (Phi) is 5.27. The molecule has 0 aliphatic heterocycles. The van der Waals surface area contributed by atoms with E-state index in [1.165, 1.54) is 25.6 Å². The van der Waals surface area contributed by atoms with E-state index in [1.54, 1.807) is 42.5 Å². The molecule has 0 atom stereocenters. The van der Waals surface area contributed by atoms with Gasteiger partial charge in [-0.2, -0.15) is 0 Å². The summed E-state index contributed by atoms with van der Waals surface area (Å²) in [6, 6.07) is 14.9. The average molecular weight is 364 g/mol. The molecule has 1 aromatic heterocycles. The number of methoxy groups -OCH3 is 1. The van der Waals surface area contributed by atoms with Crippen LogP contribution in [0.3, 0.4) is 0 Å². The third-order valence-electron chi connectivity index (χ3n) is 3.61. The van der Waals surface area contributed by atoms with E-state index in [2.05, 4.69) is 20.6 Å². The van der Waals surface area contributed by atoms with Gasteiger partial charge in [-0.1, -0.05) is 12.1 Å². The number of carbonyl (C=O) groups is 2. The fourth-order valence-electron chi connectivity index (χ4n) is 2.36. The number of rotatable bonds is 6. The van der Waals surface area contributed by atoms with Crippen LogP contribution in [-0.2, 0) is 4.74 Å². The molecular weight excluding hydrogens is 348 g/mol. The summed E-state index contributed by atoms with van der Waals surface area (Å²) in [5.41, 5.74) is 1.84. The zero-order valence-electron chi connectivity index (χ0n) is 14.3. The van der Waals surface area contributed by atoms with Crippen molar-refractivity contribution in [1.29, 1.82) is 0 Å². The van der Waals surface area contributed by atoms with Crippen LogP contribution in [0.25, 0.3) is 0 Å². The van der Waals surface area contributed by atoms with Crippen LogP contribution in [0.4, 0.5) is 23.0 Å². The van der Waals surface area contributed by atoms with Gasteiger partial charge in [0.15, 0.2) is 0 Å². The van der Waals surface area contributed by atoms with Crippen molar-refractivity contribution < 1.29 is 19.4 Å². The summed E-state index contributed by atoms with van der Waals surface area (Å²) in [6.07, 6.45) is 1.37. The number of esters is 1. The van der Waals surface area contributed by atoms with E-state index in [0.717, 1.165) is 0 Å². The molecule has 0 amide bonds. The van der Waals surface area contributed by atoms with Gasteiger partial charge in [0.2, 0.25) is 0 Å². The van der Waals surface area contributed by atoms with Gasteiger partial charge in [-0.15, -0.1) is 0 Å². The first-order valence-electron chi connectivity index (χ1n) is 7.93. The molecule has 0 spiro atoms. The number of aromatic carboxylic acids is 1. The largest absolute Gasteiger partial charge is 0.478 e. The molecular formula is C19H16N4O4. The molecule has 0 unspecified atom stereocenters. The van der Waals surface area contributed by atoms with Crippen molar-refractivity contribution in [3.05, 3.63) is 72.1 Å². The second-order valence-corrected chi connectivity index (χ2v) is 5.50. The molecule has 8 nitrogen and oxygen atoms in total. The number of nitrogens with zero attached hydrogens (tertiary/aromatic N) is 2. The fraction of sp³-hybridized carbons (Fsp3) is 0.0526. The lowest BCUT2D eigenvalue weighted by atomic mass is 10.2. The Balaban J connectivity index is 1.77. The molecule has 136 valence electrons. The zero-order chi connectivity index (χ0) is 19.2. The topological polar surface area (TPSA) is 113 Å². The fourth-order valence-corrected chi connectivity index (χ4v) is 2.36. The Hall–Kier alpha value is -3.94. The van der Waals surface area contributed by atoms with Crippen LogP contribution in [0, 0.1) is 0 Å². The summed E-state index contributed by atoms with van der Waals surface area (Å²) >= 11 is 0. The van der Waals surface area contributed by atoms with Crippen LogP contribution in [-0.4, -0.2) is 34.1 Å². The summed E-state index contributed by atoms with van der Waals surface area (Å²) in [6.45, 7) is 0. The van der Waals surface area contributed by atoms with Crippen molar-refractivity contribution in [2.45, 2.75) is 0 Å². The molecule has 27 heavy (non-hydrogen) atoms. The maximum Gasteiger partial charge on any atom is 0.337 e. The Morgan fingerprint density at radius 2 is 1.44 bits per heavy atom. The van der Waals surface area contributed by atoms with Gasteiger partial charge in [0, 0.05) is 17.4 Å². The molecule has 3 rings (SSSR count). The van der Waals surface area contributed by atoms with Crippen molar-refractivity contribution in [2.24, 2.45) is 0 Å². The van der Waals surface area contributed by atoms with Crippen molar-refractivity contribution in [2.75, 3.05) is 17.7 Å².